The molecule has 0 bridgehead atoms. The third-order valence-corrected chi connectivity index (χ3v) is 7.24. The number of oxime groups is 1. The van der Waals surface area contributed by atoms with Gasteiger partial charge >= 0.3 is 16.3 Å². The summed E-state index contributed by atoms with van der Waals surface area (Å²) < 4.78 is 69.5. The molecule has 1 fully saturated rings. The molecule has 1 unspecified atom stereocenters. The maximum Gasteiger partial charge on any atom is 0.437 e. The van der Waals surface area contributed by atoms with E-state index < -0.39 is 38.8 Å². The fourth-order valence-electron chi connectivity index (χ4n) is 3.43. The van der Waals surface area contributed by atoms with Crippen molar-refractivity contribution in [2.24, 2.45) is 10.6 Å². The Morgan fingerprint density at radius 2 is 1.73 bits per heavy atom. The van der Waals surface area contributed by atoms with Crippen LogP contribution in [0.4, 0.5) is 13.2 Å². The molecule has 1 N–H and O–H groups in total. The summed E-state index contributed by atoms with van der Waals surface area (Å²) in [6, 6.07) is 5.06. The molecule has 0 heterocycles. The molecule has 1 aliphatic rings. The Morgan fingerprint density at radius 1 is 1.17 bits per heavy atom. The molecule has 0 saturated heterocycles. The monoisotopic (exact) mass is 451 g/mol. The van der Waals surface area contributed by atoms with Crippen LogP contribution in [-0.2, 0) is 19.3 Å². The topological polar surface area (TPSA) is 85.2 Å². The van der Waals surface area contributed by atoms with Crippen molar-refractivity contribution in [3.63, 3.8) is 0 Å². The normalized spacial score (nSPS) is 18.3. The van der Waals surface area contributed by atoms with Crippen molar-refractivity contribution in [2.45, 2.75) is 76.8 Å². The zero-order valence-corrected chi connectivity index (χ0v) is 18.1. The van der Waals surface area contributed by atoms with Gasteiger partial charge in [0.1, 0.15) is 6.10 Å². The lowest BCUT2D eigenvalue weighted by molar-refractivity contribution is -0.305. The minimum absolute atomic E-state index is 0.351. The van der Waals surface area contributed by atoms with Gasteiger partial charge in [-0.15, -0.1) is 0 Å². The number of alkyl halides is 3. The second-order valence-electron chi connectivity index (χ2n) is 8.21. The van der Waals surface area contributed by atoms with Crippen molar-refractivity contribution in [1.29, 1.82) is 0 Å². The molecule has 1 aromatic carbocycles. The maximum atomic E-state index is 13.5. The molecule has 2 rings (SSSR count). The number of rotatable bonds is 8. The molecular formula is C20H28F3NO5S. The molecule has 0 radical (unpaired) electrons. The molecule has 30 heavy (non-hydrogen) atoms. The smallest absolute Gasteiger partial charge is 0.268 e. The van der Waals surface area contributed by atoms with Gasteiger partial charge in [0, 0.05) is 5.56 Å². The van der Waals surface area contributed by atoms with E-state index in [-0.39, 0.29) is 5.56 Å². The molecule has 1 aliphatic carbocycles. The molecule has 1 saturated carbocycles. The fraction of sp³-hybridized carbons (Fsp3) is 0.650. The van der Waals surface area contributed by atoms with Crippen LogP contribution >= 0.6 is 0 Å². The first kappa shape index (κ1) is 24.6. The van der Waals surface area contributed by atoms with Gasteiger partial charge in [-0.1, -0.05) is 69.5 Å². The van der Waals surface area contributed by atoms with Crippen LogP contribution in [0.2, 0.25) is 0 Å². The van der Waals surface area contributed by atoms with E-state index in [2.05, 4.69) is 14.3 Å². The molecule has 0 aliphatic heterocycles. The van der Waals surface area contributed by atoms with Crippen LogP contribution in [0.15, 0.2) is 29.4 Å². The number of nitrogens with zero attached hydrogens (tertiary/aromatic N) is 1. The van der Waals surface area contributed by atoms with Crippen LogP contribution < -0.4 is 0 Å². The van der Waals surface area contributed by atoms with Crippen LogP contribution in [0.25, 0.3) is 0 Å². The van der Waals surface area contributed by atoms with Gasteiger partial charge in [-0.3, -0.25) is 9.54 Å². The van der Waals surface area contributed by atoms with Gasteiger partial charge in [-0.2, -0.15) is 21.6 Å². The van der Waals surface area contributed by atoms with Gasteiger partial charge in [0.15, 0.2) is 5.71 Å². The Bertz CT molecular complexity index is 829. The van der Waals surface area contributed by atoms with E-state index in [1.807, 2.05) is 20.8 Å². The van der Waals surface area contributed by atoms with Crippen LogP contribution in [0.1, 0.15) is 76.5 Å². The predicted molar refractivity (Wildman–Crippen MR) is 106 cm³/mol. The average molecular weight is 452 g/mol. The number of benzene rings is 1. The summed E-state index contributed by atoms with van der Waals surface area (Å²) in [4.78, 5) is 4.56. The molecule has 1 atom stereocenters. The Hall–Kier alpha value is -1.65. The summed E-state index contributed by atoms with van der Waals surface area (Å²) >= 11 is 0. The molecule has 10 heteroatoms. The van der Waals surface area contributed by atoms with Gasteiger partial charge in [-0.05, 0) is 30.2 Å². The zero-order chi connectivity index (χ0) is 22.6. The minimum Gasteiger partial charge on any atom is -0.268 e. The van der Waals surface area contributed by atoms with E-state index in [0.717, 1.165) is 18.6 Å². The lowest BCUT2D eigenvalue weighted by Gasteiger charge is -2.31. The number of hydrogen-bond acceptors (Lipinski definition) is 6. The number of hydrogen-bond donors (Lipinski definition) is 1. The summed E-state index contributed by atoms with van der Waals surface area (Å²) in [5, 5.41) is 11.4. The van der Waals surface area contributed by atoms with Gasteiger partial charge in [-0.25, -0.2) is 4.89 Å². The van der Waals surface area contributed by atoms with E-state index in [9.17, 15) is 26.8 Å². The van der Waals surface area contributed by atoms with Crippen molar-refractivity contribution >= 4 is 15.8 Å². The third kappa shape index (κ3) is 5.95. The van der Waals surface area contributed by atoms with Crippen molar-refractivity contribution in [3.05, 3.63) is 35.4 Å². The molecule has 0 spiro atoms. The highest BCUT2D eigenvalue weighted by atomic mass is 32.2. The summed E-state index contributed by atoms with van der Waals surface area (Å²) in [6.07, 6.45) is -2.04. The van der Waals surface area contributed by atoms with Crippen LogP contribution in [0.5, 0.6) is 0 Å². The van der Waals surface area contributed by atoms with Gasteiger partial charge < -0.3 is 0 Å². The van der Waals surface area contributed by atoms with E-state index in [1.165, 1.54) is 12.1 Å². The third-order valence-electron chi connectivity index (χ3n) is 5.67. The summed E-state index contributed by atoms with van der Waals surface area (Å²) in [6.45, 7) is 5.61. The second-order valence-corrected chi connectivity index (χ2v) is 10.0. The lowest BCUT2D eigenvalue weighted by atomic mass is 9.80. The molecule has 0 amide bonds. The molecule has 0 aromatic heterocycles. The molecule has 6 nitrogen and oxygen atoms in total. The van der Waals surface area contributed by atoms with E-state index in [1.54, 1.807) is 0 Å². The Labute approximate surface area is 175 Å². The summed E-state index contributed by atoms with van der Waals surface area (Å²) in [5.74, 6) is 0. The highest BCUT2D eigenvalue weighted by Gasteiger charge is 2.39. The fourth-order valence-corrected chi connectivity index (χ4v) is 4.64. The van der Waals surface area contributed by atoms with Crippen LogP contribution in [-0.4, -0.2) is 30.8 Å². The van der Waals surface area contributed by atoms with E-state index in [0.29, 0.717) is 37.7 Å². The van der Waals surface area contributed by atoms with E-state index >= 15 is 0 Å². The first-order valence-electron chi connectivity index (χ1n) is 9.90. The van der Waals surface area contributed by atoms with Gasteiger partial charge in [0.05, 0.1) is 5.25 Å². The number of halogens is 3. The SMILES string of the molecule is CCC(C)(C)C(OO)c1ccc(/C(=N\OS(=O)(=O)C2CCCCC2)C(F)(F)F)cc1. The van der Waals surface area contributed by atoms with Crippen molar-refractivity contribution in [2.75, 3.05) is 0 Å². The van der Waals surface area contributed by atoms with Crippen LogP contribution in [0.3, 0.4) is 0 Å². The second kappa shape index (κ2) is 9.65. The van der Waals surface area contributed by atoms with Gasteiger partial charge in [0.2, 0.25) is 0 Å². The van der Waals surface area contributed by atoms with Crippen molar-refractivity contribution in [3.8, 4) is 0 Å². The highest BCUT2D eigenvalue weighted by molar-refractivity contribution is 7.87. The molecule has 1 aromatic rings. The van der Waals surface area contributed by atoms with Gasteiger partial charge in [0.25, 0.3) is 0 Å². The standard InChI is InChI=1S/C20H28F3NO5S/c1-4-19(2,3)18(28-25)15-12-10-14(11-13-15)17(20(21,22)23)24-29-30(26,27)16-8-6-5-7-9-16/h10-13,16,18,25H,4-9H2,1-3H3/b24-17+. The van der Waals surface area contributed by atoms with Crippen molar-refractivity contribution < 1.29 is 36.0 Å². The Balaban J connectivity index is 2.30. The largest absolute Gasteiger partial charge is 0.437 e. The summed E-state index contributed by atoms with van der Waals surface area (Å²) in [5.41, 5.74) is -1.78. The zero-order valence-electron chi connectivity index (χ0n) is 17.3. The highest BCUT2D eigenvalue weighted by Crippen LogP contribution is 2.39. The quantitative estimate of drug-likeness (QED) is 0.316. The lowest BCUT2D eigenvalue weighted by Crippen LogP contribution is -2.28. The van der Waals surface area contributed by atoms with Crippen LogP contribution in [0, 0.1) is 5.41 Å². The minimum atomic E-state index is -4.92. The van der Waals surface area contributed by atoms with Crippen molar-refractivity contribution in [1.82, 2.24) is 0 Å². The summed E-state index contributed by atoms with van der Waals surface area (Å²) in [7, 11) is -4.24. The van der Waals surface area contributed by atoms with E-state index in [4.69, 9.17) is 0 Å². The Kier molecular flexibility index (Phi) is 7.92. The first-order chi connectivity index (χ1) is 13.9. The predicted octanol–water partition coefficient (Wildman–Crippen LogP) is 5.60. The maximum absolute atomic E-state index is 13.5. The molecular weight excluding hydrogens is 423 g/mol. The molecule has 170 valence electrons. The Morgan fingerprint density at radius 3 is 2.20 bits per heavy atom. The average Bonchev–Trinajstić information content (AvgIpc) is 2.69. The first-order valence-corrected chi connectivity index (χ1v) is 11.4.